The van der Waals surface area contributed by atoms with Gasteiger partial charge < -0.3 is 10.0 Å². The Balaban J connectivity index is 2.36. The molecule has 60 valence electrons. The molecule has 0 radical (unpaired) electrons. The molecule has 1 rings (SSSR count). The van der Waals surface area contributed by atoms with Crippen molar-refractivity contribution in [1.82, 2.24) is 4.90 Å². The number of nitrogens with zero attached hydrogens (tertiary/aromatic N) is 1. The molecule has 2 atom stereocenters. The summed E-state index contributed by atoms with van der Waals surface area (Å²) >= 11 is 0. The Kier molecular flexibility index (Phi) is 2.69. The van der Waals surface area contributed by atoms with Crippen LogP contribution in [0.2, 0.25) is 0 Å². The van der Waals surface area contributed by atoms with Crippen LogP contribution in [0, 0.1) is 5.92 Å². The summed E-state index contributed by atoms with van der Waals surface area (Å²) in [5.41, 5.74) is 0. The van der Waals surface area contributed by atoms with Gasteiger partial charge >= 0.3 is 0 Å². The highest BCUT2D eigenvalue weighted by Gasteiger charge is 2.26. The van der Waals surface area contributed by atoms with E-state index in [2.05, 4.69) is 18.7 Å². The van der Waals surface area contributed by atoms with E-state index in [1.165, 1.54) is 6.42 Å². The van der Waals surface area contributed by atoms with E-state index in [1.54, 1.807) is 0 Å². The van der Waals surface area contributed by atoms with Crippen molar-refractivity contribution < 1.29 is 5.11 Å². The van der Waals surface area contributed by atoms with Crippen LogP contribution in [0.3, 0.4) is 0 Å². The molecule has 0 aromatic rings. The van der Waals surface area contributed by atoms with Gasteiger partial charge in [0.25, 0.3) is 0 Å². The van der Waals surface area contributed by atoms with Gasteiger partial charge in [-0.15, -0.1) is 0 Å². The van der Waals surface area contributed by atoms with Gasteiger partial charge in [-0.1, -0.05) is 6.92 Å². The number of aliphatic hydroxyl groups is 1. The van der Waals surface area contributed by atoms with Crippen LogP contribution in [0.4, 0.5) is 0 Å². The number of rotatable bonds is 2. The molecule has 2 unspecified atom stereocenters. The SMILES string of the molecule is CCN1CC(CO)CC1C. The maximum Gasteiger partial charge on any atom is 0.0472 e. The summed E-state index contributed by atoms with van der Waals surface area (Å²) in [6.07, 6.45) is 1.17. The Hall–Kier alpha value is -0.0800. The first kappa shape index (κ1) is 8.02. The summed E-state index contributed by atoms with van der Waals surface area (Å²) in [5, 5.41) is 8.87. The van der Waals surface area contributed by atoms with Crippen LogP contribution in [0.1, 0.15) is 20.3 Å². The van der Waals surface area contributed by atoms with Crippen LogP contribution in [-0.4, -0.2) is 35.7 Å². The first-order valence-electron chi connectivity index (χ1n) is 4.12. The fraction of sp³-hybridized carbons (Fsp3) is 1.00. The van der Waals surface area contributed by atoms with Crippen LogP contribution in [0.15, 0.2) is 0 Å². The van der Waals surface area contributed by atoms with Gasteiger partial charge in [0.05, 0.1) is 0 Å². The number of likely N-dealkylation sites (tertiary alicyclic amines) is 1. The highest BCUT2D eigenvalue weighted by molar-refractivity contribution is 4.80. The second-order valence-electron chi connectivity index (χ2n) is 3.22. The largest absolute Gasteiger partial charge is 0.396 e. The third-order valence-electron chi connectivity index (χ3n) is 2.45. The summed E-state index contributed by atoms with van der Waals surface area (Å²) in [4.78, 5) is 2.42. The third-order valence-corrected chi connectivity index (χ3v) is 2.45. The second kappa shape index (κ2) is 3.35. The maximum atomic E-state index is 8.87. The molecule has 0 spiro atoms. The average Bonchev–Trinajstić information content (AvgIpc) is 2.30. The quantitative estimate of drug-likeness (QED) is 0.615. The molecule has 1 aliphatic rings. The predicted molar refractivity (Wildman–Crippen MR) is 41.9 cm³/mol. The molecule has 0 bridgehead atoms. The minimum absolute atomic E-state index is 0.362. The molecule has 1 saturated heterocycles. The van der Waals surface area contributed by atoms with Crippen molar-refractivity contribution in [3.63, 3.8) is 0 Å². The predicted octanol–water partition coefficient (Wildman–Crippen LogP) is 0.709. The smallest absolute Gasteiger partial charge is 0.0472 e. The van der Waals surface area contributed by atoms with Crippen molar-refractivity contribution in [3.8, 4) is 0 Å². The monoisotopic (exact) mass is 143 g/mol. The topological polar surface area (TPSA) is 23.5 Å². The number of hydrogen-bond acceptors (Lipinski definition) is 2. The zero-order valence-electron chi connectivity index (χ0n) is 6.88. The van der Waals surface area contributed by atoms with Crippen LogP contribution in [-0.2, 0) is 0 Å². The summed E-state index contributed by atoms with van der Waals surface area (Å²) in [7, 11) is 0. The molecule has 1 aliphatic heterocycles. The molecule has 1 heterocycles. The Morgan fingerprint density at radius 1 is 1.60 bits per heavy atom. The van der Waals surface area contributed by atoms with Crippen molar-refractivity contribution in [2.45, 2.75) is 26.3 Å². The van der Waals surface area contributed by atoms with Gasteiger partial charge in [0.15, 0.2) is 0 Å². The minimum Gasteiger partial charge on any atom is -0.396 e. The molecule has 10 heavy (non-hydrogen) atoms. The van der Waals surface area contributed by atoms with Gasteiger partial charge in [0.2, 0.25) is 0 Å². The van der Waals surface area contributed by atoms with Gasteiger partial charge in [-0.05, 0) is 25.8 Å². The van der Waals surface area contributed by atoms with Crippen LogP contribution in [0.25, 0.3) is 0 Å². The molecular weight excluding hydrogens is 126 g/mol. The molecule has 0 saturated carbocycles. The average molecular weight is 143 g/mol. The molecular formula is C8H17NO. The van der Waals surface area contributed by atoms with Gasteiger partial charge in [0, 0.05) is 19.2 Å². The number of hydrogen-bond donors (Lipinski definition) is 1. The van der Waals surface area contributed by atoms with Crippen molar-refractivity contribution in [1.29, 1.82) is 0 Å². The van der Waals surface area contributed by atoms with E-state index in [9.17, 15) is 0 Å². The minimum atomic E-state index is 0.362. The summed E-state index contributed by atoms with van der Waals surface area (Å²) < 4.78 is 0. The fourth-order valence-corrected chi connectivity index (χ4v) is 1.79. The summed E-state index contributed by atoms with van der Waals surface area (Å²) in [6, 6.07) is 0.683. The molecule has 1 N–H and O–H groups in total. The van der Waals surface area contributed by atoms with E-state index in [4.69, 9.17) is 5.11 Å². The van der Waals surface area contributed by atoms with Crippen molar-refractivity contribution in [3.05, 3.63) is 0 Å². The summed E-state index contributed by atoms with van der Waals surface area (Å²) in [5.74, 6) is 0.537. The van der Waals surface area contributed by atoms with Crippen LogP contribution < -0.4 is 0 Å². The lowest BCUT2D eigenvalue weighted by atomic mass is 10.1. The highest BCUT2D eigenvalue weighted by Crippen LogP contribution is 2.21. The summed E-state index contributed by atoms with van der Waals surface area (Å²) in [6.45, 7) is 6.99. The number of aliphatic hydroxyl groups excluding tert-OH is 1. The van der Waals surface area contributed by atoms with Crippen molar-refractivity contribution in [2.75, 3.05) is 19.7 Å². The van der Waals surface area contributed by atoms with Crippen molar-refractivity contribution >= 4 is 0 Å². The van der Waals surface area contributed by atoms with Crippen molar-refractivity contribution in [2.24, 2.45) is 5.92 Å². The maximum absolute atomic E-state index is 8.87. The Bertz CT molecular complexity index is 105. The van der Waals surface area contributed by atoms with E-state index < -0.39 is 0 Å². The normalized spacial score (nSPS) is 35.1. The van der Waals surface area contributed by atoms with E-state index in [-0.39, 0.29) is 0 Å². The Labute approximate surface area is 62.8 Å². The third kappa shape index (κ3) is 1.50. The second-order valence-corrected chi connectivity index (χ2v) is 3.22. The first-order chi connectivity index (χ1) is 4.77. The molecule has 0 aromatic carbocycles. The standard InChI is InChI=1S/C8H17NO/c1-3-9-5-8(6-10)4-7(9)2/h7-8,10H,3-6H2,1-2H3. The fourth-order valence-electron chi connectivity index (χ4n) is 1.79. The lowest BCUT2D eigenvalue weighted by Gasteiger charge is -2.17. The zero-order chi connectivity index (χ0) is 7.56. The van der Waals surface area contributed by atoms with E-state index >= 15 is 0 Å². The molecule has 0 aromatic heterocycles. The van der Waals surface area contributed by atoms with Crippen LogP contribution in [0.5, 0.6) is 0 Å². The van der Waals surface area contributed by atoms with Gasteiger partial charge in [-0.2, -0.15) is 0 Å². The Morgan fingerprint density at radius 2 is 2.30 bits per heavy atom. The Morgan fingerprint density at radius 3 is 2.60 bits per heavy atom. The highest BCUT2D eigenvalue weighted by atomic mass is 16.3. The molecule has 2 nitrogen and oxygen atoms in total. The van der Waals surface area contributed by atoms with E-state index in [1.807, 2.05) is 0 Å². The van der Waals surface area contributed by atoms with E-state index in [0.29, 0.717) is 18.6 Å². The zero-order valence-corrected chi connectivity index (χ0v) is 6.88. The lowest BCUT2D eigenvalue weighted by Crippen LogP contribution is -2.26. The molecule has 0 amide bonds. The molecule has 2 heteroatoms. The molecule has 0 aliphatic carbocycles. The van der Waals surface area contributed by atoms with Gasteiger partial charge in [-0.25, -0.2) is 0 Å². The van der Waals surface area contributed by atoms with Gasteiger partial charge in [0.1, 0.15) is 0 Å². The lowest BCUT2D eigenvalue weighted by molar-refractivity contribution is 0.221. The van der Waals surface area contributed by atoms with Gasteiger partial charge in [-0.3, -0.25) is 0 Å². The van der Waals surface area contributed by atoms with Crippen LogP contribution >= 0.6 is 0 Å². The molecule has 1 fully saturated rings. The van der Waals surface area contributed by atoms with E-state index in [0.717, 1.165) is 13.1 Å². The first-order valence-corrected chi connectivity index (χ1v) is 4.12.